The van der Waals surface area contributed by atoms with Crippen LogP contribution in [0.25, 0.3) is 0 Å². The predicted molar refractivity (Wildman–Crippen MR) is 140 cm³/mol. The second kappa shape index (κ2) is 20.8. The summed E-state index contributed by atoms with van der Waals surface area (Å²) in [6.45, 7) is 6.11. The van der Waals surface area contributed by atoms with Gasteiger partial charge in [-0.25, -0.2) is 0 Å². The molecule has 0 unspecified atom stereocenters. The maximum Gasteiger partial charge on any atom is 0.252 e. The standard InChI is InChI=1S/C25H43N5O8/c1-5-9-23(35)30(19-32)14-8-11-21(33)29-20(24(36)28-18-26-13-15-31)10-6-7-12-27-22(34)16-38-25(2,3)17-37-4/h5,9,15,19-20,26H,6-8,10-14,16-18H2,1-4H3,(H,27,34)(H,28,36)(H,29,33)/b9-5-/t20-/m0/s1. The Morgan fingerprint density at radius 2 is 1.76 bits per heavy atom. The lowest BCUT2D eigenvalue weighted by molar-refractivity contribution is -0.135. The van der Waals surface area contributed by atoms with Gasteiger partial charge in [-0.05, 0) is 52.5 Å². The summed E-state index contributed by atoms with van der Waals surface area (Å²) in [5, 5.41) is 10.7. The van der Waals surface area contributed by atoms with Crippen LogP contribution in [0.3, 0.4) is 0 Å². The summed E-state index contributed by atoms with van der Waals surface area (Å²) in [6.07, 6.45) is 5.51. The van der Waals surface area contributed by atoms with Crippen LogP contribution >= 0.6 is 0 Å². The summed E-state index contributed by atoms with van der Waals surface area (Å²) in [7, 11) is 1.55. The first-order valence-electron chi connectivity index (χ1n) is 12.6. The van der Waals surface area contributed by atoms with Gasteiger partial charge in [0.05, 0.1) is 25.4 Å². The lowest BCUT2D eigenvalue weighted by Gasteiger charge is -2.23. The molecule has 0 aliphatic heterocycles. The first-order chi connectivity index (χ1) is 18.1. The largest absolute Gasteiger partial charge is 0.382 e. The van der Waals surface area contributed by atoms with Crippen molar-refractivity contribution in [1.29, 1.82) is 0 Å². The van der Waals surface area contributed by atoms with Crippen LogP contribution in [-0.4, -0.2) is 99.5 Å². The second-order valence-electron chi connectivity index (χ2n) is 9.03. The lowest BCUT2D eigenvalue weighted by Crippen LogP contribution is -2.49. The number of ether oxygens (including phenoxy) is 2. The fraction of sp³-hybridized carbons (Fsp3) is 0.680. The highest BCUT2D eigenvalue weighted by molar-refractivity contribution is 5.94. The van der Waals surface area contributed by atoms with Crippen LogP contribution in [0, 0.1) is 0 Å². The fourth-order valence-electron chi connectivity index (χ4n) is 3.20. The van der Waals surface area contributed by atoms with Crippen molar-refractivity contribution < 1.29 is 38.2 Å². The first-order valence-corrected chi connectivity index (χ1v) is 12.6. The Morgan fingerprint density at radius 1 is 1.03 bits per heavy atom. The van der Waals surface area contributed by atoms with E-state index in [-0.39, 0.29) is 45.1 Å². The number of rotatable bonds is 22. The number of unbranched alkanes of at least 4 members (excludes halogenated alkanes) is 1. The average Bonchev–Trinajstić information content (AvgIpc) is 2.87. The quantitative estimate of drug-likeness (QED) is 0.0604. The number of carbonyl (C=O) groups is 6. The summed E-state index contributed by atoms with van der Waals surface area (Å²) in [6, 6.07) is -0.832. The molecule has 0 aromatic heterocycles. The number of nitrogens with zero attached hydrogens (tertiary/aromatic N) is 1. The number of hydrogen-bond donors (Lipinski definition) is 4. The van der Waals surface area contributed by atoms with Crippen molar-refractivity contribution in [3.8, 4) is 0 Å². The van der Waals surface area contributed by atoms with E-state index in [9.17, 15) is 28.8 Å². The van der Waals surface area contributed by atoms with Gasteiger partial charge in [-0.3, -0.25) is 34.2 Å². The zero-order valence-corrected chi connectivity index (χ0v) is 22.9. The van der Waals surface area contributed by atoms with E-state index in [1.165, 1.54) is 12.2 Å². The average molecular weight is 542 g/mol. The molecule has 1 atom stereocenters. The molecule has 0 heterocycles. The number of aldehydes is 1. The van der Waals surface area contributed by atoms with Gasteiger partial charge >= 0.3 is 0 Å². The Kier molecular flexibility index (Phi) is 19.1. The smallest absolute Gasteiger partial charge is 0.252 e. The number of carbonyl (C=O) groups excluding carboxylic acids is 6. The molecule has 0 radical (unpaired) electrons. The molecule has 0 saturated heterocycles. The monoisotopic (exact) mass is 541 g/mol. The normalized spacial score (nSPS) is 12.0. The van der Waals surface area contributed by atoms with Crippen molar-refractivity contribution in [3.05, 3.63) is 12.2 Å². The molecule has 0 aromatic carbocycles. The maximum absolute atomic E-state index is 12.6. The highest BCUT2D eigenvalue weighted by Crippen LogP contribution is 2.08. The molecule has 0 fully saturated rings. The Labute approximate surface area is 224 Å². The Morgan fingerprint density at radius 3 is 2.39 bits per heavy atom. The van der Waals surface area contributed by atoms with Gasteiger partial charge in [0.25, 0.3) is 5.91 Å². The van der Waals surface area contributed by atoms with Gasteiger partial charge in [0.1, 0.15) is 18.9 Å². The van der Waals surface area contributed by atoms with E-state index in [0.29, 0.717) is 45.1 Å². The summed E-state index contributed by atoms with van der Waals surface area (Å²) in [5.41, 5.74) is -0.584. The third-order valence-corrected chi connectivity index (χ3v) is 5.12. The molecule has 13 heteroatoms. The Bertz CT molecular complexity index is 788. The number of amides is 5. The summed E-state index contributed by atoms with van der Waals surface area (Å²) in [4.78, 5) is 71.2. The zero-order valence-electron chi connectivity index (χ0n) is 22.9. The van der Waals surface area contributed by atoms with Crippen LogP contribution in [0.4, 0.5) is 0 Å². The summed E-state index contributed by atoms with van der Waals surface area (Å²) >= 11 is 0. The summed E-state index contributed by atoms with van der Waals surface area (Å²) < 4.78 is 10.6. The molecule has 0 saturated carbocycles. The van der Waals surface area contributed by atoms with Crippen molar-refractivity contribution in [1.82, 2.24) is 26.2 Å². The lowest BCUT2D eigenvalue weighted by atomic mass is 10.1. The van der Waals surface area contributed by atoms with Gasteiger partial charge in [0, 0.05) is 26.6 Å². The van der Waals surface area contributed by atoms with Gasteiger partial charge in [-0.1, -0.05) is 6.08 Å². The van der Waals surface area contributed by atoms with Gasteiger partial charge in [-0.2, -0.15) is 0 Å². The van der Waals surface area contributed by atoms with Crippen molar-refractivity contribution >= 4 is 36.3 Å². The third kappa shape index (κ3) is 17.3. The molecule has 0 aliphatic rings. The Hall–Kier alpha value is -3.16. The molecule has 13 nitrogen and oxygen atoms in total. The van der Waals surface area contributed by atoms with Crippen molar-refractivity contribution in [2.24, 2.45) is 0 Å². The number of nitrogens with one attached hydrogen (secondary N) is 4. The van der Waals surface area contributed by atoms with Crippen LogP contribution in [0.2, 0.25) is 0 Å². The first kappa shape index (κ1) is 34.8. The van der Waals surface area contributed by atoms with Gasteiger partial charge < -0.3 is 30.2 Å². The molecule has 0 aliphatic carbocycles. The van der Waals surface area contributed by atoms with Gasteiger partial charge in [0.2, 0.25) is 24.1 Å². The van der Waals surface area contributed by atoms with Crippen molar-refractivity contribution in [2.75, 3.05) is 46.6 Å². The number of methoxy groups -OCH3 is 1. The van der Waals surface area contributed by atoms with Crippen LogP contribution in [0.15, 0.2) is 12.2 Å². The van der Waals surface area contributed by atoms with E-state index in [0.717, 1.165) is 4.90 Å². The molecular formula is C25H43N5O8. The van der Waals surface area contributed by atoms with E-state index in [1.807, 2.05) is 13.8 Å². The molecule has 0 rings (SSSR count). The SMILES string of the molecule is C/C=C\C(=O)N(C=O)CCCC(=O)N[C@@H](CCCCNC(=O)COC(C)(C)COC)C(=O)NCNCC=O. The van der Waals surface area contributed by atoms with Gasteiger partial charge in [-0.15, -0.1) is 0 Å². The van der Waals surface area contributed by atoms with E-state index in [1.54, 1.807) is 14.0 Å². The fourth-order valence-corrected chi connectivity index (χ4v) is 3.20. The van der Waals surface area contributed by atoms with Crippen LogP contribution < -0.4 is 21.3 Å². The molecule has 216 valence electrons. The highest BCUT2D eigenvalue weighted by atomic mass is 16.5. The molecule has 5 amide bonds. The van der Waals surface area contributed by atoms with Crippen LogP contribution in [0.1, 0.15) is 52.9 Å². The topological polar surface area (TPSA) is 172 Å². The second-order valence-corrected chi connectivity index (χ2v) is 9.03. The Balaban J connectivity index is 4.65. The van der Waals surface area contributed by atoms with Crippen LogP contribution in [-0.2, 0) is 38.2 Å². The van der Waals surface area contributed by atoms with Gasteiger partial charge in [0.15, 0.2) is 0 Å². The van der Waals surface area contributed by atoms with Crippen molar-refractivity contribution in [2.45, 2.75) is 64.5 Å². The molecule has 4 N–H and O–H groups in total. The van der Waals surface area contributed by atoms with Crippen LogP contribution in [0.5, 0.6) is 0 Å². The molecule has 0 spiro atoms. The zero-order chi connectivity index (χ0) is 28.8. The third-order valence-electron chi connectivity index (χ3n) is 5.12. The minimum Gasteiger partial charge on any atom is -0.382 e. The van der Waals surface area contributed by atoms with Crippen molar-refractivity contribution in [3.63, 3.8) is 0 Å². The molecule has 38 heavy (non-hydrogen) atoms. The minimum atomic E-state index is -0.832. The van der Waals surface area contributed by atoms with E-state index >= 15 is 0 Å². The highest BCUT2D eigenvalue weighted by Gasteiger charge is 2.21. The minimum absolute atomic E-state index is 0.0100. The van der Waals surface area contributed by atoms with E-state index in [4.69, 9.17) is 9.47 Å². The predicted octanol–water partition coefficient (Wildman–Crippen LogP) is -0.597. The van der Waals surface area contributed by atoms with E-state index < -0.39 is 29.4 Å². The number of allylic oxidation sites excluding steroid dienone is 1. The molecular weight excluding hydrogens is 498 g/mol. The molecule has 0 aromatic rings. The number of hydrogen-bond acceptors (Lipinski definition) is 9. The summed E-state index contributed by atoms with van der Waals surface area (Å²) in [5.74, 6) is -1.57. The maximum atomic E-state index is 12.6. The van der Waals surface area contributed by atoms with E-state index in [2.05, 4.69) is 21.3 Å². The number of imide groups is 1. The molecule has 0 bridgehead atoms.